The fourth-order valence-corrected chi connectivity index (χ4v) is 5.10. The number of methoxy groups -OCH3 is 2. The van der Waals surface area contributed by atoms with Gasteiger partial charge >= 0.3 is 0 Å². The summed E-state index contributed by atoms with van der Waals surface area (Å²) in [4.78, 5) is 8.49. The monoisotopic (exact) mass is 476 g/mol. The molecule has 2 aromatic carbocycles. The van der Waals surface area contributed by atoms with Crippen LogP contribution in [0.3, 0.4) is 0 Å². The summed E-state index contributed by atoms with van der Waals surface area (Å²) in [5, 5.41) is 1.51. The quantitative estimate of drug-likeness (QED) is 0.309. The van der Waals surface area contributed by atoms with Crippen LogP contribution < -0.4 is 9.64 Å². The van der Waals surface area contributed by atoms with Gasteiger partial charge in [0.15, 0.2) is 5.13 Å². The Bertz CT molecular complexity index is 1040. The van der Waals surface area contributed by atoms with E-state index in [4.69, 9.17) is 26.1 Å². The highest BCUT2D eigenvalue weighted by atomic mass is 35.5. The second kappa shape index (κ2) is 11.1. The molecule has 0 saturated heterocycles. The van der Waals surface area contributed by atoms with Crippen LogP contribution in [-0.2, 0) is 4.74 Å². The Labute approximate surface area is 199 Å². The van der Waals surface area contributed by atoms with Gasteiger partial charge in [0.25, 0.3) is 0 Å². The van der Waals surface area contributed by atoms with Crippen LogP contribution >= 0.6 is 22.9 Å². The minimum absolute atomic E-state index is 0.0365. The summed E-state index contributed by atoms with van der Waals surface area (Å²) < 4.78 is 24.3. The van der Waals surface area contributed by atoms with E-state index in [1.807, 2.05) is 31.2 Å². The fourth-order valence-electron chi connectivity index (χ4n) is 3.86. The molecule has 0 radical (unpaired) electrons. The molecular formula is C25H30ClFN2O2S. The molecule has 0 amide bonds. The van der Waals surface area contributed by atoms with Gasteiger partial charge in [-0.3, -0.25) is 0 Å². The van der Waals surface area contributed by atoms with Crippen LogP contribution in [0.25, 0.3) is 11.3 Å². The molecular weight excluding hydrogens is 447 g/mol. The summed E-state index contributed by atoms with van der Waals surface area (Å²) in [7, 11) is 3.32. The van der Waals surface area contributed by atoms with E-state index in [1.54, 1.807) is 25.6 Å². The van der Waals surface area contributed by atoms with E-state index in [0.29, 0.717) is 17.4 Å². The predicted octanol–water partition coefficient (Wildman–Crippen LogP) is 7.22. The van der Waals surface area contributed by atoms with Gasteiger partial charge in [-0.05, 0) is 62.1 Å². The lowest BCUT2D eigenvalue weighted by atomic mass is 10.0. The van der Waals surface area contributed by atoms with Crippen LogP contribution in [0, 0.1) is 19.7 Å². The molecule has 0 aliphatic rings. The maximum atomic E-state index is 13.6. The zero-order chi connectivity index (χ0) is 23.3. The number of ether oxygens (including phenoxy) is 2. The molecule has 3 aromatic rings. The van der Waals surface area contributed by atoms with Gasteiger partial charge in [0, 0.05) is 30.7 Å². The van der Waals surface area contributed by atoms with E-state index in [0.717, 1.165) is 51.8 Å². The van der Waals surface area contributed by atoms with E-state index in [1.165, 1.54) is 12.1 Å². The van der Waals surface area contributed by atoms with E-state index in [2.05, 4.69) is 18.7 Å². The molecule has 4 nitrogen and oxygen atoms in total. The zero-order valence-corrected chi connectivity index (χ0v) is 20.8. The van der Waals surface area contributed by atoms with Crippen LogP contribution in [0.15, 0.2) is 36.4 Å². The molecule has 0 fully saturated rings. The second-order valence-corrected chi connectivity index (χ2v) is 9.33. The minimum atomic E-state index is -0.236. The Kier molecular flexibility index (Phi) is 8.51. The average Bonchev–Trinajstić information content (AvgIpc) is 3.16. The Hall–Kier alpha value is -2.15. The fraction of sp³-hybridized carbons (Fsp3) is 0.400. The van der Waals surface area contributed by atoms with E-state index in [9.17, 15) is 4.39 Å². The van der Waals surface area contributed by atoms with Gasteiger partial charge in [-0.2, -0.15) is 0 Å². The standard InChI is InChI=1S/C25H30ClFN2O2S/c1-6-12-29(22(11-13-30-4)18-7-9-19(27)10-8-18)25-28-24(17(3)32-25)20-15-21(26)23(31-5)14-16(20)2/h7-10,14-15,22H,6,11-13H2,1-5H3. The summed E-state index contributed by atoms with van der Waals surface area (Å²) in [6.45, 7) is 7.71. The van der Waals surface area contributed by atoms with Crippen LogP contribution in [0.4, 0.5) is 9.52 Å². The van der Waals surface area contributed by atoms with Gasteiger partial charge in [-0.1, -0.05) is 30.7 Å². The number of aryl methyl sites for hydroxylation is 2. The summed E-state index contributed by atoms with van der Waals surface area (Å²) >= 11 is 8.09. The van der Waals surface area contributed by atoms with E-state index in [-0.39, 0.29) is 11.9 Å². The predicted molar refractivity (Wildman–Crippen MR) is 132 cm³/mol. The molecule has 0 spiro atoms. The number of nitrogens with zero attached hydrogens (tertiary/aromatic N) is 2. The second-order valence-electron chi connectivity index (χ2n) is 7.75. The number of hydrogen-bond acceptors (Lipinski definition) is 5. The van der Waals surface area contributed by atoms with Crippen molar-refractivity contribution >= 4 is 28.1 Å². The number of hydrogen-bond donors (Lipinski definition) is 0. The summed E-state index contributed by atoms with van der Waals surface area (Å²) in [5.41, 5.74) is 4.04. The molecule has 0 aliphatic heterocycles. The van der Waals surface area contributed by atoms with Gasteiger partial charge in [0.2, 0.25) is 0 Å². The molecule has 1 aromatic heterocycles. The molecule has 7 heteroatoms. The maximum Gasteiger partial charge on any atom is 0.186 e. The number of anilines is 1. The molecule has 172 valence electrons. The smallest absolute Gasteiger partial charge is 0.186 e. The zero-order valence-electron chi connectivity index (χ0n) is 19.2. The van der Waals surface area contributed by atoms with Gasteiger partial charge < -0.3 is 14.4 Å². The number of aromatic nitrogens is 1. The molecule has 0 N–H and O–H groups in total. The molecule has 32 heavy (non-hydrogen) atoms. The molecule has 1 atom stereocenters. The molecule has 0 saturated carbocycles. The Morgan fingerprint density at radius 2 is 1.88 bits per heavy atom. The number of halogens is 2. The van der Waals surface area contributed by atoms with Crippen molar-refractivity contribution in [1.29, 1.82) is 0 Å². The van der Waals surface area contributed by atoms with Crippen LogP contribution in [-0.4, -0.2) is 32.4 Å². The lowest BCUT2D eigenvalue weighted by molar-refractivity contribution is 0.186. The first-order valence-corrected chi connectivity index (χ1v) is 11.9. The molecule has 3 rings (SSSR count). The number of benzene rings is 2. The van der Waals surface area contributed by atoms with Crippen molar-refractivity contribution in [2.24, 2.45) is 0 Å². The van der Waals surface area contributed by atoms with Gasteiger partial charge in [0.05, 0.1) is 23.9 Å². The highest BCUT2D eigenvalue weighted by molar-refractivity contribution is 7.16. The first kappa shape index (κ1) is 24.5. The normalized spacial score (nSPS) is 12.1. The van der Waals surface area contributed by atoms with Crippen molar-refractivity contribution in [2.45, 2.75) is 39.7 Å². The first-order valence-electron chi connectivity index (χ1n) is 10.7. The van der Waals surface area contributed by atoms with Crippen molar-refractivity contribution in [1.82, 2.24) is 4.98 Å². The summed E-state index contributed by atoms with van der Waals surface area (Å²) in [6.07, 6.45) is 1.75. The number of rotatable bonds is 10. The lowest BCUT2D eigenvalue weighted by Crippen LogP contribution is -2.30. The molecule has 1 unspecified atom stereocenters. The number of thiazole rings is 1. The molecule has 0 bridgehead atoms. The van der Waals surface area contributed by atoms with Crippen molar-refractivity contribution < 1.29 is 13.9 Å². The van der Waals surface area contributed by atoms with Crippen LogP contribution in [0.5, 0.6) is 5.75 Å². The highest BCUT2D eigenvalue weighted by Gasteiger charge is 2.25. The third-order valence-corrected chi connectivity index (χ3v) is 6.78. The van der Waals surface area contributed by atoms with E-state index < -0.39 is 0 Å². The SMILES string of the molecule is CCCN(c1nc(-c2cc(Cl)c(OC)cc2C)c(C)s1)C(CCOC)c1ccc(F)cc1. The van der Waals surface area contributed by atoms with Crippen molar-refractivity contribution in [3.05, 3.63) is 63.2 Å². The van der Waals surface area contributed by atoms with Crippen molar-refractivity contribution in [3.63, 3.8) is 0 Å². The first-order chi connectivity index (χ1) is 15.4. The topological polar surface area (TPSA) is 34.6 Å². The van der Waals surface area contributed by atoms with Gasteiger partial charge in [-0.25, -0.2) is 9.37 Å². The average molecular weight is 477 g/mol. The summed E-state index contributed by atoms with van der Waals surface area (Å²) in [6, 6.07) is 10.6. The Balaban J connectivity index is 2.04. The highest BCUT2D eigenvalue weighted by Crippen LogP contribution is 2.40. The molecule has 0 aliphatic carbocycles. The van der Waals surface area contributed by atoms with Crippen LogP contribution in [0.2, 0.25) is 5.02 Å². The third-order valence-electron chi connectivity index (χ3n) is 5.48. The third kappa shape index (κ3) is 5.42. The Morgan fingerprint density at radius 1 is 1.16 bits per heavy atom. The van der Waals surface area contributed by atoms with E-state index >= 15 is 0 Å². The lowest BCUT2D eigenvalue weighted by Gasteiger charge is -2.32. The van der Waals surface area contributed by atoms with Gasteiger partial charge in [-0.15, -0.1) is 11.3 Å². The molecule has 1 heterocycles. The van der Waals surface area contributed by atoms with Gasteiger partial charge in [0.1, 0.15) is 11.6 Å². The largest absolute Gasteiger partial charge is 0.495 e. The van der Waals surface area contributed by atoms with Crippen LogP contribution in [0.1, 0.15) is 41.8 Å². The maximum absolute atomic E-state index is 13.6. The Morgan fingerprint density at radius 3 is 2.50 bits per heavy atom. The summed E-state index contributed by atoms with van der Waals surface area (Å²) in [5.74, 6) is 0.421. The minimum Gasteiger partial charge on any atom is -0.495 e. The van der Waals surface area contributed by atoms with Crippen molar-refractivity contribution in [2.75, 3.05) is 32.3 Å². The van der Waals surface area contributed by atoms with Crippen molar-refractivity contribution in [3.8, 4) is 17.0 Å².